The highest BCUT2D eigenvalue weighted by Crippen LogP contribution is 2.29. The van der Waals surface area contributed by atoms with Crippen LogP contribution in [0.1, 0.15) is 24.4 Å². The smallest absolute Gasteiger partial charge is 0.246 e. The Kier molecular flexibility index (Phi) is 7.84. The zero-order valence-corrected chi connectivity index (χ0v) is 20.6. The number of rotatable bonds is 8. The van der Waals surface area contributed by atoms with Crippen LogP contribution in [0.4, 0.5) is 17.3 Å². The van der Waals surface area contributed by atoms with E-state index in [1.165, 1.54) is 0 Å². The highest BCUT2D eigenvalue weighted by molar-refractivity contribution is 5.95. The first-order chi connectivity index (χ1) is 18.2. The molecule has 0 saturated carbocycles. The van der Waals surface area contributed by atoms with E-state index in [9.17, 15) is 9.90 Å². The summed E-state index contributed by atoms with van der Waals surface area (Å²) < 4.78 is 0. The number of carbonyl (C=O) groups is 1. The lowest BCUT2D eigenvalue weighted by atomic mass is 9.94. The molecule has 2 heterocycles. The van der Waals surface area contributed by atoms with Crippen molar-refractivity contribution >= 4 is 23.2 Å². The molecule has 3 aromatic carbocycles. The lowest BCUT2D eigenvalue weighted by molar-refractivity contribution is -0.122. The summed E-state index contributed by atoms with van der Waals surface area (Å²) in [4.78, 5) is 24.7. The van der Waals surface area contributed by atoms with Crippen LogP contribution in [0.3, 0.4) is 0 Å². The van der Waals surface area contributed by atoms with Gasteiger partial charge in [0.2, 0.25) is 11.9 Å². The van der Waals surface area contributed by atoms with E-state index in [1.54, 1.807) is 6.20 Å². The van der Waals surface area contributed by atoms with Crippen LogP contribution in [0.2, 0.25) is 0 Å². The molecule has 0 aliphatic carbocycles. The molecule has 1 amide bonds. The lowest BCUT2D eigenvalue weighted by Crippen LogP contribution is -2.42. The van der Waals surface area contributed by atoms with Crippen LogP contribution in [0.25, 0.3) is 11.3 Å². The van der Waals surface area contributed by atoms with E-state index in [-0.39, 0.29) is 18.6 Å². The van der Waals surface area contributed by atoms with E-state index in [4.69, 9.17) is 0 Å². The number of likely N-dealkylation sites (tertiary alicyclic amines) is 1. The normalized spacial score (nSPS) is 15.2. The second-order valence-electron chi connectivity index (χ2n) is 9.30. The summed E-state index contributed by atoms with van der Waals surface area (Å²) in [5.74, 6) is 0.781. The summed E-state index contributed by atoms with van der Waals surface area (Å²) >= 11 is 0. The first-order valence-corrected chi connectivity index (χ1v) is 12.7. The second-order valence-corrected chi connectivity index (χ2v) is 9.30. The number of hydrogen-bond donors (Lipinski definition) is 3. The van der Waals surface area contributed by atoms with Crippen molar-refractivity contribution in [3.63, 3.8) is 0 Å². The highest BCUT2D eigenvalue weighted by atomic mass is 16.3. The van der Waals surface area contributed by atoms with Gasteiger partial charge in [-0.1, -0.05) is 60.7 Å². The number of carbonyl (C=O) groups excluding carboxylic acids is 1. The van der Waals surface area contributed by atoms with E-state index >= 15 is 0 Å². The third kappa shape index (κ3) is 6.20. The zero-order chi connectivity index (χ0) is 25.5. The molecule has 7 nitrogen and oxygen atoms in total. The van der Waals surface area contributed by atoms with E-state index in [2.05, 4.69) is 25.5 Å². The van der Waals surface area contributed by atoms with Crippen molar-refractivity contribution in [1.82, 2.24) is 14.9 Å². The number of aliphatic hydroxyl groups is 1. The van der Waals surface area contributed by atoms with Gasteiger partial charge >= 0.3 is 0 Å². The summed E-state index contributed by atoms with van der Waals surface area (Å²) in [7, 11) is 0. The Morgan fingerprint density at radius 2 is 1.57 bits per heavy atom. The summed E-state index contributed by atoms with van der Waals surface area (Å²) in [6, 6.07) is 28.9. The molecule has 0 spiro atoms. The van der Waals surface area contributed by atoms with Gasteiger partial charge in [0, 0.05) is 29.7 Å². The van der Waals surface area contributed by atoms with Crippen LogP contribution < -0.4 is 10.6 Å². The number of piperidine rings is 1. The van der Waals surface area contributed by atoms with Crippen molar-refractivity contribution in [3.05, 3.63) is 103 Å². The molecule has 1 aliphatic heterocycles. The maximum Gasteiger partial charge on any atom is 0.246 e. The third-order valence-electron chi connectivity index (χ3n) is 6.77. The lowest BCUT2D eigenvalue weighted by Gasteiger charge is -2.36. The van der Waals surface area contributed by atoms with Crippen LogP contribution >= 0.6 is 0 Å². The molecule has 4 aromatic rings. The van der Waals surface area contributed by atoms with E-state index in [0.717, 1.165) is 54.1 Å². The van der Waals surface area contributed by atoms with Crippen molar-refractivity contribution in [2.45, 2.75) is 18.9 Å². The van der Waals surface area contributed by atoms with E-state index in [0.29, 0.717) is 11.9 Å². The van der Waals surface area contributed by atoms with Crippen molar-refractivity contribution in [2.75, 3.05) is 30.3 Å². The Morgan fingerprint density at radius 3 is 2.24 bits per heavy atom. The third-order valence-corrected chi connectivity index (χ3v) is 6.77. The number of amides is 1. The van der Waals surface area contributed by atoms with Gasteiger partial charge in [-0.15, -0.1) is 0 Å². The summed E-state index contributed by atoms with van der Waals surface area (Å²) in [6.07, 6.45) is 3.51. The number of aliphatic hydroxyl groups excluding tert-OH is 1. The molecule has 5 rings (SSSR count). The van der Waals surface area contributed by atoms with Gasteiger partial charge in [-0.2, -0.15) is 0 Å². The second kappa shape index (κ2) is 11.8. The predicted molar refractivity (Wildman–Crippen MR) is 146 cm³/mol. The topological polar surface area (TPSA) is 90.4 Å². The molecule has 0 bridgehead atoms. The minimum Gasteiger partial charge on any atom is -0.396 e. The summed E-state index contributed by atoms with van der Waals surface area (Å²) in [5.41, 5.74) is 4.35. The van der Waals surface area contributed by atoms with Gasteiger partial charge in [-0.3, -0.25) is 9.69 Å². The molecule has 7 heteroatoms. The largest absolute Gasteiger partial charge is 0.396 e. The Balaban J connectivity index is 1.29. The Bertz CT molecular complexity index is 1290. The first kappa shape index (κ1) is 24.6. The maximum atomic E-state index is 13.5. The monoisotopic (exact) mass is 493 g/mol. The number of benzene rings is 3. The quantitative estimate of drug-likeness (QED) is 0.310. The molecule has 37 heavy (non-hydrogen) atoms. The number of aromatic nitrogens is 2. The van der Waals surface area contributed by atoms with Crippen LogP contribution in [0, 0.1) is 5.92 Å². The molecule has 1 aromatic heterocycles. The van der Waals surface area contributed by atoms with Crippen molar-refractivity contribution in [2.24, 2.45) is 5.92 Å². The molecule has 1 atom stereocenters. The molecule has 1 saturated heterocycles. The number of anilines is 3. The fourth-order valence-corrected chi connectivity index (χ4v) is 4.72. The molecule has 3 N–H and O–H groups in total. The molecule has 1 fully saturated rings. The number of nitrogens with one attached hydrogen (secondary N) is 2. The minimum atomic E-state index is -0.381. The molecule has 1 unspecified atom stereocenters. The molecular formula is C30H31N5O2. The highest BCUT2D eigenvalue weighted by Gasteiger charge is 2.31. The predicted octanol–water partition coefficient (Wildman–Crippen LogP) is 5.27. The van der Waals surface area contributed by atoms with Crippen LogP contribution in [-0.4, -0.2) is 45.6 Å². The van der Waals surface area contributed by atoms with Gasteiger partial charge < -0.3 is 15.7 Å². The van der Waals surface area contributed by atoms with Gasteiger partial charge in [0.05, 0.1) is 5.69 Å². The fourth-order valence-electron chi connectivity index (χ4n) is 4.72. The first-order valence-electron chi connectivity index (χ1n) is 12.7. The summed E-state index contributed by atoms with van der Waals surface area (Å²) in [5, 5.41) is 15.8. The van der Waals surface area contributed by atoms with E-state index < -0.39 is 0 Å². The number of nitrogens with zero attached hydrogens (tertiary/aromatic N) is 3. The van der Waals surface area contributed by atoms with Crippen molar-refractivity contribution in [3.8, 4) is 11.3 Å². The Hall–Kier alpha value is -4.07. The Morgan fingerprint density at radius 1 is 0.892 bits per heavy atom. The standard InChI is InChI=1S/C30H31N5O2/c36-21-22-16-19-35(20-17-22)28(24-7-3-1-4-8-24)29(37)32-26-13-11-23(12-14-26)27-15-18-31-30(34-27)33-25-9-5-2-6-10-25/h1-15,18,22,28,36H,16-17,19-21H2,(H,32,37)(H,31,33,34). The van der Waals surface area contributed by atoms with Gasteiger partial charge in [0.25, 0.3) is 0 Å². The van der Waals surface area contributed by atoms with E-state index in [1.807, 2.05) is 91.0 Å². The van der Waals surface area contributed by atoms with Gasteiger partial charge in [-0.25, -0.2) is 9.97 Å². The SMILES string of the molecule is O=C(Nc1ccc(-c2ccnc(Nc3ccccc3)n2)cc1)C(c1ccccc1)N1CCC(CO)CC1. The molecule has 0 radical (unpaired) electrons. The van der Waals surface area contributed by atoms with Gasteiger partial charge in [-0.05, 0) is 67.7 Å². The van der Waals surface area contributed by atoms with Crippen LogP contribution in [0.5, 0.6) is 0 Å². The molecule has 1 aliphatic rings. The van der Waals surface area contributed by atoms with Crippen molar-refractivity contribution < 1.29 is 9.90 Å². The van der Waals surface area contributed by atoms with Crippen LogP contribution in [0.15, 0.2) is 97.2 Å². The minimum absolute atomic E-state index is 0.0576. The number of hydrogen-bond acceptors (Lipinski definition) is 6. The van der Waals surface area contributed by atoms with Gasteiger partial charge in [0.15, 0.2) is 0 Å². The molecule has 188 valence electrons. The maximum absolute atomic E-state index is 13.5. The number of para-hydroxylation sites is 1. The Labute approximate surface area is 217 Å². The van der Waals surface area contributed by atoms with Gasteiger partial charge in [0.1, 0.15) is 6.04 Å². The molecular weight excluding hydrogens is 462 g/mol. The average Bonchev–Trinajstić information content (AvgIpc) is 2.95. The van der Waals surface area contributed by atoms with Crippen LogP contribution in [-0.2, 0) is 4.79 Å². The average molecular weight is 494 g/mol. The summed E-state index contributed by atoms with van der Waals surface area (Å²) in [6.45, 7) is 1.77. The van der Waals surface area contributed by atoms with Crippen molar-refractivity contribution in [1.29, 1.82) is 0 Å². The fraction of sp³-hybridized carbons (Fsp3) is 0.233. The zero-order valence-electron chi connectivity index (χ0n) is 20.6.